The zero-order valence-corrected chi connectivity index (χ0v) is 12.2. The van der Waals surface area contributed by atoms with Crippen LogP contribution in [0, 0.1) is 0 Å². The maximum Gasteiger partial charge on any atom is 0.338 e. The second kappa shape index (κ2) is 5.78. The largest absolute Gasteiger partial charge is 0.478 e. The Balaban J connectivity index is 2.15. The standard InChI is InChI=1S/C12H15N3O5S/c1-21(19,20)15-7-5-14(6-8-15)11(16)10-9(12(17)18)3-2-4-13-10/h2-4H,5-8H2,1H3,(H,17,18). The Bertz CT molecular complexity index is 665. The van der Waals surface area contributed by atoms with Crippen LogP contribution in [0.15, 0.2) is 18.3 Å². The first-order valence-electron chi connectivity index (χ1n) is 6.23. The number of sulfonamides is 1. The lowest BCUT2D eigenvalue weighted by molar-refractivity contribution is 0.0651. The molecule has 0 aromatic carbocycles. The summed E-state index contributed by atoms with van der Waals surface area (Å²) in [6.45, 7) is 0.808. The monoisotopic (exact) mass is 313 g/mol. The van der Waals surface area contributed by atoms with Gasteiger partial charge in [-0.3, -0.25) is 9.78 Å². The van der Waals surface area contributed by atoms with Gasteiger partial charge < -0.3 is 10.0 Å². The number of amides is 1. The molecular weight excluding hydrogens is 298 g/mol. The third kappa shape index (κ3) is 3.37. The predicted molar refractivity (Wildman–Crippen MR) is 73.5 cm³/mol. The number of hydrogen-bond donors (Lipinski definition) is 1. The second-order valence-electron chi connectivity index (χ2n) is 4.66. The molecule has 1 aliphatic heterocycles. The number of rotatable bonds is 3. The summed E-state index contributed by atoms with van der Waals surface area (Å²) in [5.41, 5.74) is -0.286. The van der Waals surface area contributed by atoms with E-state index in [0.29, 0.717) is 0 Å². The molecule has 0 saturated carbocycles. The van der Waals surface area contributed by atoms with Crippen LogP contribution in [-0.4, -0.2) is 72.0 Å². The fourth-order valence-electron chi connectivity index (χ4n) is 2.12. The van der Waals surface area contributed by atoms with Crippen molar-refractivity contribution < 1.29 is 23.1 Å². The van der Waals surface area contributed by atoms with E-state index in [1.54, 1.807) is 0 Å². The van der Waals surface area contributed by atoms with Crippen molar-refractivity contribution in [2.45, 2.75) is 0 Å². The van der Waals surface area contributed by atoms with E-state index in [0.717, 1.165) is 6.26 Å². The first-order valence-corrected chi connectivity index (χ1v) is 8.08. The molecule has 0 bridgehead atoms. The number of nitrogens with zero attached hydrogens (tertiary/aromatic N) is 3. The molecule has 0 radical (unpaired) electrons. The van der Waals surface area contributed by atoms with Gasteiger partial charge in [-0.15, -0.1) is 0 Å². The normalized spacial score (nSPS) is 16.7. The molecule has 1 N–H and O–H groups in total. The van der Waals surface area contributed by atoms with Gasteiger partial charge in [0.15, 0.2) is 0 Å². The summed E-state index contributed by atoms with van der Waals surface area (Å²) in [7, 11) is -3.28. The Labute approximate surface area is 122 Å². The molecule has 1 fully saturated rings. The van der Waals surface area contributed by atoms with Crippen LogP contribution in [0.3, 0.4) is 0 Å². The van der Waals surface area contributed by atoms with Crippen molar-refractivity contribution in [3.05, 3.63) is 29.6 Å². The molecule has 1 aliphatic rings. The first-order chi connectivity index (χ1) is 9.80. The number of aromatic nitrogens is 1. The van der Waals surface area contributed by atoms with Crippen LogP contribution in [0.4, 0.5) is 0 Å². The highest BCUT2D eigenvalue weighted by atomic mass is 32.2. The van der Waals surface area contributed by atoms with Gasteiger partial charge in [-0.1, -0.05) is 0 Å². The SMILES string of the molecule is CS(=O)(=O)N1CCN(C(=O)c2ncccc2C(=O)O)CC1. The molecule has 0 aliphatic carbocycles. The van der Waals surface area contributed by atoms with E-state index in [1.165, 1.54) is 27.5 Å². The number of pyridine rings is 1. The van der Waals surface area contributed by atoms with Crippen molar-refractivity contribution >= 4 is 21.9 Å². The second-order valence-corrected chi connectivity index (χ2v) is 6.64. The van der Waals surface area contributed by atoms with Crippen molar-refractivity contribution in [3.8, 4) is 0 Å². The molecule has 2 heterocycles. The minimum atomic E-state index is -3.28. The van der Waals surface area contributed by atoms with E-state index in [2.05, 4.69) is 4.98 Å². The number of aromatic carboxylic acids is 1. The van der Waals surface area contributed by atoms with Gasteiger partial charge in [-0.05, 0) is 12.1 Å². The van der Waals surface area contributed by atoms with E-state index >= 15 is 0 Å². The molecule has 9 heteroatoms. The van der Waals surface area contributed by atoms with Crippen LogP contribution >= 0.6 is 0 Å². The molecule has 8 nitrogen and oxygen atoms in total. The van der Waals surface area contributed by atoms with Crippen LogP contribution in [0.25, 0.3) is 0 Å². The van der Waals surface area contributed by atoms with Gasteiger partial charge in [-0.2, -0.15) is 4.31 Å². The molecule has 1 amide bonds. The van der Waals surface area contributed by atoms with Crippen LogP contribution in [0.5, 0.6) is 0 Å². The molecule has 0 unspecified atom stereocenters. The van der Waals surface area contributed by atoms with Crippen LogP contribution in [0.1, 0.15) is 20.8 Å². The van der Waals surface area contributed by atoms with E-state index in [4.69, 9.17) is 5.11 Å². The van der Waals surface area contributed by atoms with Gasteiger partial charge in [0.2, 0.25) is 10.0 Å². The number of piperazine rings is 1. The summed E-state index contributed by atoms with van der Waals surface area (Å²) in [4.78, 5) is 28.7. The van der Waals surface area contributed by atoms with Gasteiger partial charge in [0.05, 0.1) is 11.8 Å². The van der Waals surface area contributed by atoms with Crippen LogP contribution < -0.4 is 0 Å². The van der Waals surface area contributed by atoms with Gasteiger partial charge in [0.1, 0.15) is 5.69 Å². The Kier molecular flexibility index (Phi) is 4.24. The highest BCUT2D eigenvalue weighted by Crippen LogP contribution is 2.12. The lowest BCUT2D eigenvalue weighted by Gasteiger charge is -2.33. The maximum atomic E-state index is 12.3. The van der Waals surface area contributed by atoms with Gasteiger partial charge in [0, 0.05) is 32.4 Å². The average molecular weight is 313 g/mol. The highest BCUT2D eigenvalue weighted by molar-refractivity contribution is 7.88. The minimum Gasteiger partial charge on any atom is -0.478 e. The molecule has 0 spiro atoms. The lowest BCUT2D eigenvalue weighted by atomic mass is 10.1. The number of carboxylic acid groups (broad SMARTS) is 1. The highest BCUT2D eigenvalue weighted by Gasteiger charge is 2.29. The van der Waals surface area contributed by atoms with Crippen molar-refractivity contribution in [2.24, 2.45) is 0 Å². The summed E-state index contributed by atoms with van der Waals surface area (Å²) in [5.74, 6) is -1.72. The first kappa shape index (κ1) is 15.4. The van der Waals surface area contributed by atoms with Crippen LogP contribution in [0.2, 0.25) is 0 Å². The zero-order chi connectivity index (χ0) is 15.6. The van der Waals surface area contributed by atoms with E-state index in [9.17, 15) is 18.0 Å². The summed E-state index contributed by atoms with van der Waals surface area (Å²) in [5, 5.41) is 9.06. The van der Waals surface area contributed by atoms with Gasteiger partial charge >= 0.3 is 5.97 Å². The van der Waals surface area contributed by atoms with Crippen molar-refractivity contribution in [2.75, 3.05) is 32.4 Å². The molecule has 1 saturated heterocycles. The molecule has 0 atom stereocenters. The number of carboxylic acids is 1. The predicted octanol–water partition coefficient (Wildman–Crippen LogP) is -0.503. The lowest BCUT2D eigenvalue weighted by Crippen LogP contribution is -2.50. The number of hydrogen-bond acceptors (Lipinski definition) is 5. The zero-order valence-electron chi connectivity index (χ0n) is 11.4. The Morgan fingerprint density at radius 3 is 2.38 bits per heavy atom. The van der Waals surface area contributed by atoms with Crippen molar-refractivity contribution in [3.63, 3.8) is 0 Å². The molecular formula is C12H15N3O5S. The topological polar surface area (TPSA) is 108 Å². The fraction of sp³-hybridized carbons (Fsp3) is 0.417. The van der Waals surface area contributed by atoms with E-state index < -0.39 is 21.9 Å². The van der Waals surface area contributed by atoms with E-state index in [1.807, 2.05) is 0 Å². The summed E-state index contributed by atoms with van der Waals surface area (Å²) in [6, 6.07) is 2.76. The fourth-order valence-corrected chi connectivity index (χ4v) is 2.95. The minimum absolute atomic E-state index is 0.127. The molecule has 114 valence electrons. The smallest absolute Gasteiger partial charge is 0.338 e. The molecule has 1 aromatic heterocycles. The van der Waals surface area contributed by atoms with Crippen molar-refractivity contribution in [1.29, 1.82) is 0 Å². The maximum absolute atomic E-state index is 12.3. The third-order valence-electron chi connectivity index (χ3n) is 3.24. The van der Waals surface area contributed by atoms with Crippen molar-refractivity contribution in [1.82, 2.24) is 14.2 Å². The third-order valence-corrected chi connectivity index (χ3v) is 4.54. The summed E-state index contributed by atoms with van der Waals surface area (Å²) >= 11 is 0. The van der Waals surface area contributed by atoms with E-state index in [-0.39, 0.29) is 37.4 Å². The molecule has 21 heavy (non-hydrogen) atoms. The Morgan fingerprint density at radius 1 is 1.24 bits per heavy atom. The summed E-state index contributed by atoms with van der Waals surface area (Å²) in [6.07, 6.45) is 2.47. The molecule has 1 aromatic rings. The Morgan fingerprint density at radius 2 is 1.86 bits per heavy atom. The number of carbonyl (C=O) groups is 2. The van der Waals surface area contributed by atoms with Gasteiger partial charge in [0.25, 0.3) is 5.91 Å². The van der Waals surface area contributed by atoms with Gasteiger partial charge in [-0.25, -0.2) is 13.2 Å². The average Bonchev–Trinajstić information content (AvgIpc) is 2.45. The Hall–Kier alpha value is -2.00. The molecule has 2 rings (SSSR count). The summed E-state index contributed by atoms with van der Waals surface area (Å²) < 4.78 is 24.1. The number of carbonyl (C=O) groups excluding carboxylic acids is 1. The quantitative estimate of drug-likeness (QED) is 0.806. The van der Waals surface area contributed by atoms with Crippen LogP contribution in [-0.2, 0) is 10.0 Å².